The van der Waals surface area contributed by atoms with Crippen LogP contribution in [0.5, 0.6) is 5.75 Å². The third-order valence-electron chi connectivity index (χ3n) is 5.50. The van der Waals surface area contributed by atoms with Crippen molar-refractivity contribution in [2.24, 2.45) is 7.05 Å². The number of amides is 1. The number of benzene rings is 2. The van der Waals surface area contributed by atoms with Gasteiger partial charge in [-0.1, -0.05) is 12.1 Å². The Bertz CT molecular complexity index is 976. The molecule has 0 aliphatic carbocycles. The van der Waals surface area contributed by atoms with Crippen LogP contribution < -0.4 is 10.1 Å². The van der Waals surface area contributed by atoms with E-state index < -0.39 is 0 Å². The fourth-order valence-electron chi connectivity index (χ4n) is 3.93. The average molecular weight is 378 g/mol. The second-order valence-electron chi connectivity index (χ2n) is 7.30. The smallest absolute Gasteiger partial charge is 0.251 e. The zero-order valence-corrected chi connectivity index (χ0v) is 16.4. The molecule has 1 fully saturated rings. The van der Waals surface area contributed by atoms with Gasteiger partial charge in [-0.05, 0) is 61.8 Å². The van der Waals surface area contributed by atoms with E-state index in [2.05, 4.69) is 27.3 Å². The molecule has 1 aromatic heterocycles. The summed E-state index contributed by atoms with van der Waals surface area (Å²) in [4.78, 5) is 19.6. The van der Waals surface area contributed by atoms with Gasteiger partial charge in [-0.15, -0.1) is 0 Å². The quantitative estimate of drug-likeness (QED) is 0.716. The summed E-state index contributed by atoms with van der Waals surface area (Å²) in [5, 5.41) is 3.13. The maximum absolute atomic E-state index is 12.8. The molecule has 4 rings (SSSR count). The monoisotopic (exact) mass is 378 g/mol. The van der Waals surface area contributed by atoms with Gasteiger partial charge >= 0.3 is 0 Å². The molecule has 0 spiro atoms. The molecule has 2 aromatic carbocycles. The Hall–Kier alpha value is -2.86. The van der Waals surface area contributed by atoms with Crippen LogP contribution in [0.4, 0.5) is 0 Å². The number of fused-ring (bicyclic) bond motifs is 1. The molecule has 1 aliphatic rings. The predicted molar refractivity (Wildman–Crippen MR) is 110 cm³/mol. The van der Waals surface area contributed by atoms with E-state index in [1.807, 2.05) is 41.9 Å². The van der Waals surface area contributed by atoms with Crippen molar-refractivity contribution in [2.75, 3.05) is 26.7 Å². The average Bonchev–Trinajstić information content (AvgIpc) is 3.38. The molecule has 0 bridgehead atoms. The molecular weight excluding hydrogens is 352 g/mol. The topological polar surface area (TPSA) is 59.4 Å². The van der Waals surface area contributed by atoms with Crippen LogP contribution in [0.25, 0.3) is 11.0 Å². The molecule has 1 amide bonds. The van der Waals surface area contributed by atoms with E-state index in [1.165, 1.54) is 18.4 Å². The second-order valence-corrected chi connectivity index (χ2v) is 7.30. The third kappa shape index (κ3) is 3.73. The molecule has 2 heterocycles. The standard InChI is InChI=1S/C22H26N4O2/c1-25-15-24-19-13-17(8-9-20(19)25)22(27)23-14-21(26-10-3-4-11-26)16-6-5-7-18(12-16)28-2/h5-9,12-13,15,21H,3-4,10-11,14H2,1-2H3,(H,23,27). The number of nitrogens with zero attached hydrogens (tertiary/aromatic N) is 3. The first kappa shape index (κ1) is 18.5. The van der Waals surface area contributed by atoms with E-state index in [0.29, 0.717) is 12.1 Å². The van der Waals surface area contributed by atoms with E-state index in [-0.39, 0.29) is 11.9 Å². The molecule has 1 N–H and O–H groups in total. The van der Waals surface area contributed by atoms with Crippen LogP contribution in [0, 0.1) is 0 Å². The van der Waals surface area contributed by atoms with Gasteiger partial charge in [0.2, 0.25) is 0 Å². The van der Waals surface area contributed by atoms with E-state index in [0.717, 1.165) is 29.9 Å². The van der Waals surface area contributed by atoms with Crippen molar-refractivity contribution in [3.05, 3.63) is 59.9 Å². The molecule has 3 aromatic rings. The fraction of sp³-hybridized carbons (Fsp3) is 0.364. The van der Waals surface area contributed by atoms with Crippen molar-refractivity contribution in [2.45, 2.75) is 18.9 Å². The number of imidazole rings is 1. The molecule has 28 heavy (non-hydrogen) atoms. The number of carbonyl (C=O) groups excluding carboxylic acids is 1. The van der Waals surface area contributed by atoms with E-state index in [4.69, 9.17) is 4.74 Å². The van der Waals surface area contributed by atoms with Gasteiger partial charge in [0, 0.05) is 19.2 Å². The number of carbonyl (C=O) groups is 1. The molecule has 1 saturated heterocycles. The number of likely N-dealkylation sites (tertiary alicyclic amines) is 1. The Balaban J connectivity index is 1.51. The minimum atomic E-state index is -0.0698. The maximum Gasteiger partial charge on any atom is 0.251 e. The lowest BCUT2D eigenvalue weighted by molar-refractivity contribution is 0.0938. The summed E-state index contributed by atoms with van der Waals surface area (Å²) in [6.45, 7) is 2.67. The van der Waals surface area contributed by atoms with Crippen LogP contribution in [-0.4, -0.2) is 47.1 Å². The van der Waals surface area contributed by atoms with Gasteiger partial charge in [-0.25, -0.2) is 4.98 Å². The van der Waals surface area contributed by atoms with Crippen LogP contribution in [0.15, 0.2) is 48.8 Å². The summed E-state index contributed by atoms with van der Waals surface area (Å²) in [5.41, 5.74) is 3.65. The summed E-state index contributed by atoms with van der Waals surface area (Å²) in [6.07, 6.45) is 4.16. The summed E-state index contributed by atoms with van der Waals surface area (Å²) in [7, 11) is 3.63. The van der Waals surface area contributed by atoms with Gasteiger partial charge in [0.1, 0.15) is 5.75 Å². The lowest BCUT2D eigenvalue weighted by atomic mass is 10.0. The normalized spacial score (nSPS) is 15.6. The van der Waals surface area contributed by atoms with Gasteiger partial charge < -0.3 is 14.6 Å². The molecule has 1 unspecified atom stereocenters. The van der Waals surface area contributed by atoms with E-state index in [9.17, 15) is 4.79 Å². The van der Waals surface area contributed by atoms with Crippen LogP contribution in [0.3, 0.4) is 0 Å². The first-order valence-electron chi connectivity index (χ1n) is 9.73. The number of ether oxygens (including phenoxy) is 1. The third-order valence-corrected chi connectivity index (χ3v) is 5.50. The van der Waals surface area contributed by atoms with Gasteiger partial charge in [0.05, 0.1) is 30.5 Å². The number of nitrogens with one attached hydrogen (secondary N) is 1. The van der Waals surface area contributed by atoms with Crippen LogP contribution in [-0.2, 0) is 7.05 Å². The molecule has 1 atom stereocenters. The van der Waals surface area contributed by atoms with Crippen molar-refractivity contribution < 1.29 is 9.53 Å². The predicted octanol–water partition coefficient (Wildman–Crippen LogP) is 3.15. The van der Waals surface area contributed by atoms with Crippen molar-refractivity contribution in [3.8, 4) is 5.75 Å². The molecule has 6 nitrogen and oxygen atoms in total. The highest BCUT2D eigenvalue weighted by atomic mass is 16.5. The number of aromatic nitrogens is 2. The first-order chi connectivity index (χ1) is 13.7. The van der Waals surface area contributed by atoms with Gasteiger partial charge in [-0.2, -0.15) is 0 Å². The maximum atomic E-state index is 12.8. The number of rotatable bonds is 6. The molecule has 146 valence electrons. The zero-order valence-electron chi connectivity index (χ0n) is 16.4. The zero-order chi connectivity index (χ0) is 19.5. The van der Waals surface area contributed by atoms with Crippen molar-refractivity contribution in [1.29, 1.82) is 0 Å². The van der Waals surface area contributed by atoms with Gasteiger partial charge in [0.15, 0.2) is 0 Å². The summed E-state index contributed by atoms with van der Waals surface area (Å²) < 4.78 is 7.34. The Kier molecular flexibility index (Phi) is 5.30. The Morgan fingerprint density at radius 2 is 2.04 bits per heavy atom. The van der Waals surface area contributed by atoms with Gasteiger partial charge in [0.25, 0.3) is 5.91 Å². The minimum absolute atomic E-state index is 0.0698. The van der Waals surface area contributed by atoms with Gasteiger partial charge in [-0.3, -0.25) is 9.69 Å². The van der Waals surface area contributed by atoms with Crippen LogP contribution in [0.2, 0.25) is 0 Å². The Labute approximate surface area is 165 Å². The van der Waals surface area contributed by atoms with Crippen molar-refractivity contribution in [3.63, 3.8) is 0 Å². The van der Waals surface area contributed by atoms with Crippen molar-refractivity contribution in [1.82, 2.24) is 19.8 Å². The summed E-state index contributed by atoms with van der Waals surface area (Å²) in [5.74, 6) is 0.772. The summed E-state index contributed by atoms with van der Waals surface area (Å²) >= 11 is 0. The SMILES string of the molecule is COc1cccc(C(CNC(=O)c2ccc3c(c2)ncn3C)N2CCCC2)c1. The van der Waals surface area contributed by atoms with Crippen LogP contribution in [0.1, 0.15) is 34.8 Å². The van der Waals surface area contributed by atoms with Crippen molar-refractivity contribution >= 4 is 16.9 Å². The van der Waals surface area contributed by atoms with E-state index >= 15 is 0 Å². The molecule has 1 aliphatic heterocycles. The number of hydrogen-bond donors (Lipinski definition) is 1. The summed E-state index contributed by atoms with van der Waals surface area (Å²) in [6, 6.07) is 13.9. The molecular formula is C22H26N4O2. The minimum Gasteiger partial charge on any atom is -0.497 e. The largest absolute Gasteiger partial charge is 0.497 e. The number of aryl methyl sites for hydroxylation is 1. The Morgan fingerprint density at radius 3 is 2.82 bits per heavy atom. The highest BCUT2D eigenvalue weighted by Gasteiger charge is 2.24. The molecule has 6 heteroatoms. The fourth-order valence-corrected chi connectivity index (χ4v) is 3.93. The highest BCUT2D eigenvalue weighted by Crippen LogP contribution is 2.27. The second kappa shape index (κ2) is 8.02. The molecule has 0 saturated carbocycles. The molecule has 0 radical (unpaired) electrons. The number of hydrogen-bond acceptors (Lipinski definition) is 4. The number of methoxy groups -OCH3 is 1. The lowest BCUT2D eigenvalue weighted by Gasteiger charge is -2.28. The highest BCUT2D eigenvalue weighted by molar-refractivity contribution is 5.97. The lowest BCUT2D eigenvalue weighted by Crippen LogP contribution is -2.36. The Morgan fingerprint density at radius 1 is 1.21 bits per heavy atom. The first-order valence-corrected chi connectivity index (χ1v) is 9.73. The van der Waals surface area contributed by atoms with E-state index in [1.54, 1.807) is 13.4 Å². The van der Waals surface area contributed by atoms with Crippen LogP contribution >= 0.6 is 0 Å².